The predicted molar refractivity (Wildman–Crippen MR) is 87.1 cm³/mol. The minimum absolute atomic E-state index is 0.275. The second-order valence-electron chi connectivity index (χ2n) is 5.74. The van der Waals surface area contributed by atoms with Crippen molar-refractivity contribution in [3.63, 3.8) is 0 Å². The number of anilines is 2. The fraction of sp³-hybridized carbons (Fsp3) is 0.375. The quantitative estimate of drug-likeness (QED) is 0.825. The molecule has 22 heavy (non-hydrogen) atoms. The molecule has 1 aromatic heterocycles. The summed E-state index contributed by atoms with van der Waals surface area (Å²) in [4.78, 5) is 26.1. The molecule has 2 heterocycles. The van der Waals surface area contributed by atoms with Crippen LogP contribution in [0.3, 0.4) is 0 Å². The highest BCUT2D eigenvalue weighted by Crippen LogP contribution is 2.31. The van der Waals surface area contributed by atoms with E-state index in [-0.39, 0.29) is 11.2 Å². The Hall–Kier alpha value is -2.50. The second kappa shape index (κ2) is 5.36. The van der Waals surface area contributed by atoms with Gasteiger partial charge >= 0.3 is 5.69 Å². The van der Waals surface area contributed by atoms with Crippen molar-refractivity contribution in [3.8, 4) is 0 Å². The number of hydrogen-bond donors (Lipinski definition) is 1. The van der Waals surface area contributed by atoms with Crippen LogP contribution < -0.4 is 21.9 Å². The van der Waals surface area contributed by atoms with Crippen molar-refractivity contribution < 1.29 is 0 Å². The molecule has 2 N–H and O–H groups in total. The zero-order chi connectivity index (χ0) is 15.9. The largest absolute Gasteiger partial charge is 0.398 e. The van der Waals surface area contributed by atoms with Gasteiger partial charge in [-0.05, 0) is 30.5 Å². The standard InChI is InChI=1S/C16H20N4O2/c1-18-11(9-15(21)19(2)16(18)22)10-20-8-4-5-12-13(17)6-3-7-14(12)20/h3,6-7,9H,4-5,8,10,17H2,1-2H3. The Balaban J connectivity index is 2.02. The molecule has 0 bridgehead atoms. The average Bonchev–Trinajstić information content (AvgIpc) is 2.51. The number of fused-ring (bicyclic) bond motifs is 1. The van der Waals surface area contributed by atoms with Crippen LogP contribution in [0.25, 0.3) is 0 Å². The number of aromatic nitrogens is 2. The van der Waals surface area contributed by atoms with Gasteiger partial charge < -0.3 is 10.6 Å². The topological polar surface area (TPSA) is 73.3 Å². The maximum Gasteiger partial charge on any atom is 0.330 e. The van der Waals surface area contributed by atoms with Crippen molar-refractivity contribution in [1.82, 2.24) is 9.13 Å². The molecule has 0 aliphatic carbocycles. The minimum atomic E-state index is -0.299. The van der Waals surface area contributed by atoms with Crippen LogP contribution in [-0.2, 0) is 27.1 Å². The van der Waals surface area contributed by atoms with Gasteiger partial charge in [-0.15, -0.1) is 0 Å². The Morgan fingerprint density at radius 1 is 1.18 bits per heavy atom. The molecule has 0 saturated heterocycles. The highest BCUT2D eigenvalue weighted by Gasteiger charge is 2.20. The summed E-state index contributed by atoms with van der Waals surface area (Å²) in [7, 11) is 3.19. The number of benzene rings is 1. The SMILES string of the molecule is Cn1c(CN2CCCc3c(N)cccc32)cc(=O)n(C)c1=O. The van der Waals surface area contributed by atoms with Crippen LogP contribution in [-0.4, -0.2) is 15.7 Å². The number of nitrogen functional groups attached to an aromatic ring is 1. The lowest BCUT2D eigenvalue weighted by atomic mass is 10.00. The summed E-state index contributed by atoms with van der Waals surface area (Å²) >= 11 is 0. The van der Waals surface area contributed by atoms with E-state index in [1.807, 2.05) is 18.2 Å². The van der Waals surface area contributed by atoms with Crippen molar-refractivity contribution in [2.75, 3.05) is 17.2 Å². The number of nitrogens with zero attached hydrogens (tertiary/aromatic N) is 3. The molecule has 0 spiro atoms. The number of nitrogens with two attached hydrogens (primary N) is 1. The van der Waals surface area contributed by atoms with Crippen LogP contribution in [0.1, 0.15) is 17.7 Å². The summed E-state index contributed by atoms with van der Waals surface area (Å²) in [5.41, 5.74) is 9.25. The molecule has 1 aliphatic heterocycles. The van der Waals surface area contributed by atoms with E-state index in [0.29, 0.717) is 12.2 Å². The van der Waals surface area contributed by atoms with Gasteiger partial charge in [0.2, 0.25) is 0 Å². The van der Waals surface area contributed by atoms with Crippen LogP contribution in [0.2, 0.25) is 0 Å². The Morgan fingerprint density at radius 2 is 1.95 bits per heavy atom. The third kappa shape index (κ3) is 2.30. The molecule has 0 atom stereocenters. The Morgan fingerprint density at radius 3 is 2.73 bits per heavy atom. The monoisotopic (exact) mass is 300 g/mol. The molecule has 0 radical (unpaired) electrons. The Kier molecular flexibility index (Phi) is 3.52. The highest BCUT2D eigenvalue weighted by atomic mass is 16.2. The maximum absolute atomic E-state index is 12.0. The molecular formula is C16H20N4O2. The zero-order valence-corrected chi connectivity index (χ0v) is 12.9. The van der Waals surface area contributed by atoms with Crippen molar-refractivity contribution in [3.05, 3.63) is 56.4 Å². The summed E-state index contributed by atoms with van der Waals surface area (Å²) in [6, 6.07) is 7.43. The van der Waals surface area contributed by atoms with E-state index in [1.165, 1.54) is 17.7 Å². The van der Waals surface area contributed by atoms with E-state index < -0.39 is 0 Å². The molecule has 0 saturated carbocycles. The summed E-state index contributed by atoms with van der Waals surface area (Å²) < 4.78 is 2.65. The van der Waals surface area contributed by atoms with Gasteiger partial charge in [-0.3, -0.25) is 13.9 Å². The van der Waals surface area contributed by atoms with Crippen LogP contribution in [0.15, 0.2) is 33.9 Å². The molecule has 3 rings (SSSR count). The van der Waals surface area contributed by atoms with Crippen molar-refractivity contribution >= 4 is 11.4 Å². The smallest absolute Gasteiger partial charge is 0.330 e. The average molecular weight is 300 g/mol. The number of hydrogen-bond acceptors (Lipinski definition) is 4. The lowest BCUT2D eigenvalue weighted by Crippen LogP contribution is -2.40. The lowest BCUT2D eigenvalue weighted by molar-refractivity contribution is 0.618. The van der Waals surface area contributed by atoms with Gasteiger partial charge in [0.25, 0.3) is 5.56 Å². The maximum atomic E-state index is 12.0. The molecule has 6 heteroatoms. The first-order chi connectivity index (χ1) is 10.5. The number of rotatable bonds is 2. The van der Waals surface area contributed by atoms with Crippen LogP contribution in [0.5, 0.6) is 0 Å². The van der Waals surface area contributed by atoms with Gasteiger partial charge in [0.1, 0.15) is 0 Å². The molecule has 2 aromatic rings. The fourth-order valence-electron chi connectivity index (χ4n) is 3.02. The van der Waals surface area contributed by atoms with Gasteiger partial charge in [0.05, 0.1) is 6.54 Å². The molecular weight excluding hydrogens is 280 g/mol. The van der Waals surface area contributed by atoms with Crippen molar-refractivity contribution in [1.29, 1.82) is 0 Å². The first-order valence-corrected chi connectivity index (χ1v) is 7.37. The van der Waals surface area contributed by atoms with Crippen molar-refractivity contribution in [2.24, 2.45) is 14.1 Å². The fourth-order valence-corrected chi connectivity index (χ4v) is 3.02. The summed E-state index contributed by atoms with van der Waals surface area (Å²) in [5, 5.41) is 0. The minimum Gasteiger partial charge on any atom is -0.398 e. The Bertz CT molecular complexity index is 835. The van der Waals surface area contributed by atoms with Crippen LogP contribution >= 0.6 is 0 Å². The Labute approximate surface area is 128 Å². The summed E-state index contributed by atoms with van der Waals surface area (Å²) in [5.74, 6) is 0. The molecule has 1 aliphatic rings. The predicted octanol–water partition coefficient (Wildman–Crippen LogP) is 0.619. The molecule has 1 aromatic carbocycles. The third-order valence-electron chi connectivity index (χ3n) is 4.36. The molecule has 6 nitrogen and oxygen atoms in total. The highest BCUT2D eigenvalue weighted by molar-refractivity contribution is 5.66. The van der Waals surface area contributed by atoms with E-state index in [9.17, 15) is 9.59 Å². The van der Waals surface area contributed by atoms with E-state index >= 15 is 0 Å². The van der Waals surface area contributed by atoms with Gasteiger partial charge in [0, 0.05) is 43.8 Å². The third-order valence-corrected chi connectivity index (χ3v) is 4.36. The van der Waals surface area contributed by atoms with E-state index in [2.05, 4.69) is 4.90 Å². The summed E-state index contributed by atoms with van der Waals surface area (Å²) in [6.07, 6.45) is 1.98. The van der Waals surface area contributed by atoms with Gasteiger partial charge in [-0.1, -0.05) is 6.07 Å². The van der Waals surface area contributed by atoms with Crippen molar-refractivity contribution in [2.45, 2.75) is 19.4 Å². The van der Waals surface area contributed by atoms with Gasteiger partial charge in [0.15, 0.2) is 0 Å². The summed E-state index contributed by atoms with van der Waals surface area (Å²) in [6.45, 7) is 1.41. The van der Waals surface area contributed by atoms with Crippen LogP contribution in [0, 0.1) is 0 Å². The molecule has 116 valence electrons. The normalized spacial score (nSPS) is 14.0. The first-order valence-electron chi connectivity index (χ1n) is 7.37. The van der Waals surface area contributed by atoms with E-state index in [4.69, 9.17) is 5.73 Å². The molecule has 0 fully saturated rings. The molecule has 0 unspecified atom stereocenters. The first kappa shape index (κ1) is 14.4. The molecule has 0 amide bonds. The van der Waals surface area contributed by atoms with Gasteiger partial charge in [-0.2, -0.15) is 0 Å². The zero-order valence-electron chi connectivity index (χ0n) is 12.9. The van der Waals surface area contributed by atoms with E-state index in [1.54, 1.807) is 7.05 Å². The second-order valence-corrected chi connectivity index (χ2v) is 5.74. The van der Waals surface area contributed by atoms with Gasteiger partial charge in [-0.25, -0.2) is 4.79 Å². The lowest BCUT2D eigenvalue weighted by Gasteiger charge is -2.32. The van der Waals surface area contributed by atoms with Crippen LogP contribution in [0.4, 0.5) is 11.4 Å². The van der Waals surface area contributed by atoms with E-state index in [0.717, 1.165) is 40.9 Å².